The molecule has 0 aromatic carbocycles. The quantitative estimate of drug-likeness (QED) is 0.789. The van der Waals surface area contributed by atoms with Crippen LogP contribution in [-0.2, 0) is 11.8 Å². The molecule has 21 heavy (non-hydrogen) atoms. The first-order chi connectivity index (χ1) is 9.99. The molecule has 0 N–H and O–H groups in total. The Morgan fingerprint density at radius 1 is 1.29 bits per heavy atom. The average molecular weight is 313 g/mol. The highest BCUT2D eigenvalue weighted by atomic mass is 35.5. The van der Waals surface area contributed by atoms with Gasteiger partial charge in [0, 0.05) is 32.1 Å². The molecule has 1 aliphatic heterocycles. The van der Waals surface area contributed by atoms with Crippen LogP contribution in [0.3, 0.4) is 0 Å². The van der Waals surface area contributed by atoms with Crippen LogP contribution >= 0.6 is 11.6 Å². The number of alkyl halides is 1. The number of hydrogen-bond donors (Lipinski definition) is 0. The fraction of sp³-hybridized carbons (Fsp3) is 0.786. The number of carbonyl (C=O) groups excluding carboxylic acids is 1. The topological polar surface area (TPSA) is 60.1 Å². The largest absolute Gasteiger partial charge is 0.345 e. The Morgan fingerprint density at radius 2 is 1.90 bits per heavy atom. The zero-order valence-electron chi connectivity index (χ0n) is 12.5. The van der Waals surface area contributed by atoms with Gasteiger partial charge in [0.1, 0.15) is 11.2 Å². The minimum Gasteiger partial charge on any atom is -0.341 e. The number of piperidine rings is 1. The maximum Gasteiger partial charge on any atom is 0.345 e. The van der Waals surface area contributed by atoms with Crippen LogP contribution in [0.15, 0.2) is 4.79 Å². The standard InChI is InChI=1S/C14H21ClN4O2/c1-9(15)13(20)18-7-5-11(6-8-18)19-12(10-3-4-10)16-17(2)14(19)21/h9-11H,3-8H2,1-2H3. The van der Waals surface area contributed by atoms with Crippen LogP contribution in [0.5, 0.6) is 0 Å². The SMILES string of the molecule is CC(Cl)C(=O)N1CCC(n2c(C3CC3)nn(C)c2=O)CC1. The zero-order valence-corrected chi connectivity index (χ0v) is 13.2. The van der Waals surface area contributed by atoms with E-state index in [2.05, 4.69) is 5.10 Å². The molecule has 1 saturated carbocycles. The molecule has 1 aromatic heterocycles. The zero-order chi connectivity index (χ0) is 15.1. The molecule has 1 unspecified atom stereocenters. The summed E-state index contributed by atoms with van der Waals surface area (Å²) >= 11 is 5.86. The van der Waals surface area contributed by atoms with E-state index < -0.39 is 5.38 Å². The van der Waals surface area contributed by atoms with Crippen LogP contribution in [0.4, 0.5) is 0 Å². The minimum absolute atomic E-state index is 0.0175. The Labute approximate surface area is 128 Å². The van der Waals surface area contributed by atoms with Crippen molar-refractivity contribution in [2.45, 2.75) is 49.9 Å². The summed E-state index contributed by atoms with van der Waals surface area (Å²) in [4.78, 5) is 26.0. The van der Waals surface area contributed by atoms with E-state index in [1.165, 1.54) is 4.68 Å². The van der Waals surface area contributed by atoms with Crippen LogP contribution in [-0.4, -0.2) is 43.6 Å². The Balaban J connectivity index is 1.76. The highest BCUT2D eigenvalue weighted by molar-refractivity contribution is 6.30. The van der Waals surface area contributed by atoms with Crippen molar-refractivity contribution in [1.29, 1.82) is 0 Å². The van der Waals surface area contributed by atoms with E-state index >= 15 is 0 Å². The summed E-state index contributed by atoms with van der Waals surface area (Å²) in [5.41, 5.74) is -0.0348. The number of carbonyl (C=O) groups is 1. The van der Waals surface area contributed by atoms with Crippen molar-refractivity contribution < 1.29 is 4.79 Å². The molecule has 7 heteroatoms. The third-order valence-corrected chi connectivity index (χ3v) is 4.59. The van der Waals surface area contributed by atoms with Gasteiger partial charge in [-0.15, -0.1) is 11.6 Å². The summed E-state index contributed by atoms with van der Waals surface area (Å²) in [5, 5.41) is 3.91. The van der Waals surface area contributed by atoms with E-state index in [0.717, 1.165) is 31.5 Å². The highest BCUT2D eigenvalue weighted by Gasteiger charge is 2.34. The molecule has 116 valence electrons. The second kappa shape index (κ2) is 5.48. The Morgan fingerprint density at radius 3 is 2.43 bits per heavy atom. The van der Waals surface area contributed by atoms with Gasteiger partial charge in [-0.05, 0) is 32.6 Å². The molecule has 1 amide bonds. The Bertz CT molecular complexity index is 595. The molecule has 1 aromatic rings. The summed E-state index contributed by atoms with van der Waals surface area (Å²) in [6.45, 7) is 3.02. The second-order valence-electron chi connectivity index (χ2n) is 6.08. The van der Waals surface area contributed by atoms with Crippen molar-refractivity contribution in [3.8, 4) is 0 Å². The van der Waals surface area contributed by atoms with Crippen LogP contribution in [0.25, 0.3) is 0 Å². The first-order valence-electron chi connectivity index (χ1n) is 7.57. The molecular weight excluding hydrogens is 292 g/mol. The predicted octanol–water partition coefficient (Wildman–Crippen LogP) is 1.25. The van der Waals surface area contributed by atoms with Crippen LogP contribution in [0, 0.1) is 0 Å². The van der Waals surface area contributed by atoms with Gasteiger partial charge < -0.3 is 4.90 Å². The minimum atomic E-state index is -0.482. The van der Waals surface area contributed by atoms with Gasteiger partial charge in [0.25, 0.3) is 0 Å². The molecule has 1 aliphatic carbocycles. The van der Waals surface area contributed by atoms with Gasteiger partial charge in [-0.3, -0.25) is 9.36 Å². The van der Waals surface area contributed by atoms with E-state index in [1.54, 1.807) is 18.9 Å². The number of halogens is 1. The smallest absolute Gasteiger partial charge is 0.341 e. The maximum atomic E-state index is 12.3. The van der Waals surface area contributed by atoms with Crippen molar-refractivity contribution in [3.63, 3.8) is 0 Å². The number of likely N-dealkylation sites (tertiary alicyclic amines) is 1. The van der Waals surface area contributed by atoms with Crippen LogP contribution in [0.2, 0.25) is 0 Å². The van der Waals surface area contributed by atoms with Gasteiger partial charge in [0.05, 0.1) is 0 Å². The molecule has 2 fully saturated rings. The van der Waals surface area contributed by atoms with Gasteiger partial charge in [-0.25, -0.2) is 9.48 Å². The normalized spacial score (nSPS) is 21.6. The summed E-state index contributed by atoms with van der Waals surface area (Å²) in [6.07, 6.45) is 3.83. The van der Waals surface area contributed by atoms with Crippen molar-refractivity contribution in [2.24, 2.45) is 7.05 Å². The fourth-order valence-electron chi connectivity index (χ4n) is 3.06. The number of aromatic nitrogens is 3. The molecule has 1 atom stereocenters. The lowest BCUT2D eigenvalue weighted by atomic mass is 10.0. The van der Waals surface area contributed by atoms with Crippen molar-refractivity contribution in [2.75, 3.05) is 13.1 Å². The summed E-state index contributed by atoms with van der Waals surface area (Å²) in [6, 6.07) is 0.150. The van der Waals surface area contributed by atoms with Gasteiger partial charge in [-0.1, -0.05) is 0 Å². The first-order valence-corrected chi connectivity index (χ1v) is 8.01. The molecule has 0 radical (unpaired) electrons. The fourth-order valence-corrected chi connectivity index (χ4v) is 3.20. The van der Waals surface area contributed by atoms with Gasteiger partial charge in [-0.2, -0.15) is 5.10 Å². The van der Waals surface area contributed by atoms with E-state index in [1.807, 2.05) is 4.57 Å². The van der Waals surface area contributed by atoms with Gasteiger partial charge >= 0.3 is 5.69 Å². The van der Waals surface area contributed by atoms with E-state index in [4.69, 9.17) is 11.6 Å². The molecule has 1 saturated heterocycles. The number of aryl methyl sites for hydroxylation is 1. The van der Waals surface area contributed by atoms with Gasteiger partial charge in [0.15, 0.2) is 0 Å². The number of hydrogen-bond acceptors (Lipinski definition) is 3. The monoisotopic (exact) mass is 312 g/mol. The lowest BCUT2D eigenvalue weighted by Crippen LogP contribution is -2.43. The molecule has 2 heterocycles. The predicted molar refractivity (Wildman–Crippen MR) is 79.6 cm³/mol. The lowest BCUT2D eigenvalue weighted by Gasteiger charge is -2.33. The van der Waals surface area contributed by atoms with E-state index in [-0.39, 0.29) is 17.6 Å². The summed E-state index contributed by atoms with van der Waals surface area (Å²) in [7, 11) is 1.71. The van der Waals surface area contributed by atoms with Crippen molar-refractivity contribution in [3.05, 3.63) is 16.3 Å². The first kappa shape index (κ1) is 14.6. The average Bonchev–Trinajstić information content (AvgIpc) is 3.26. The number of amides is 1. The lowest BCUT2D eigenvalue weighted by molar-refractivity contribution is -0.131. The van der Waals surface area contributed by atoms with E-state index in [0.29, 0.717) is 19.0 Å². The number of rotatable bonds is 3. The second-order valence-corrected chi connectivity index (χ2v) is 6.74. The Hall–Kier alpha value is -1.30. The molecule has 0 spiro atoms. The maximum absolute atomic E-state index is 12.3. The summed E-state index contributed by atoms with van der Waals surface area (Å²) < 4.78 is 3.30. The van der Waals surface area contributed by atoms with Crippen molar-refractivity contribution in [1.82, 2.24) is 19.2 Å². The highest BCUT2D eigenvalue weighted by Crippen LogP contribution is 2.40. The number of nitrogens with zero attached hydrogens (tertiary/aromatic N) is 4. The van der Waals surface area contributed by atoms with Gasteiger partial charge in [0.2, 0.25) is 5.91 Å². The van der Waals surface area contributed by atoms with Crippen molar-refractivity contribution >= 4 is 17.5 Å². The van der Waals surface area contributed by atoms with E-state index in [9.17, 15) is 9.59 Å². The molecule has 2 aliphatic rings. The van der Waals surface area contributed by atoms with Crippen LogP contribution < -0.4 is 5.69 Å². The molecular formula is C14H21ClN4O2. The molecule has 0 bridgehead atoms. The third kappa shape index (κ3) is 2.73. The molecule has 6 nitrogen and oxygen atoms in total. The Kier molecular flexibility index (Phi) is 3.82. The van der Waals surface area contributed by atoms with Crippen LogP contribution in [0.1, 0.15) is 50.4 Å². The third-order valence-electron chi connectivity index (χ3n) is 4.41. The molecule has 3 rings (SSSR count). The summed E-state index contributed by atoms with van der Waals surface area (Å²) in [5.74, 6) is 1.36.